The lowest BCUT2D eigenvalue weighted by Gasteiger charge is -2.36. The Hall–Kier alpha value is -5.71. The Morgan fingerprint density at radius 1 is 0.774 bits per heavy atom. The molecule has 2 aromatic carbocycles. The third-order valence-electron chi connectivity index (χ3n) is 8.25. The number of hydrogen-bond acceptors (Lipinski definition) is 9. The normalized spacial score (nSPS) is 17.8. The topological polar surface area (TPSA) is 216 Å². The molecule has 2 heterocycles. The highest BCUT2D eigenvalue weighted by atomic mass is 16.6. The highest BCUT2D eigenvalue weighted by molar-refractivity contribution is 5.98. The van der Waals surface area contributed by atoms with Crippen LogP contribution in [0.15, 0.2) is 60.7 Å². The van der Waals surface area contributed by atoms with Crippen molar-refractivity contribution in [3.05, 3.63) is 71.8 Å². The Labute approximate surface area is 308 Å². The molecule has 5 N–H and O–H groups in total. The van der Waals surface area contributed by atoms with E-state index in [1.165, 1.54) is 23.6 Å². The fourth-order valence-electron chi connectivity index (χ4n) is 5.36. The first-order chi connectivity index (χ1) is 25.0. The van der Waals surface area contributed by atoms with Crippen molar-refractivity contribution in [2.45, 2.75) is 77.6 Å². The van der Waals surface area contributed by atoms with Crippen molar-refractivity contribution < 1.29 is 43.0 Å². The van der Waals surface area contributed by atoms with Gasteiger partial charge in [-0.25, -0.2) is 14.6 Å². The number of nitrogens with one attached hydrogen (secondary N) is 3. The molecule has 2 saturated heterocycles. The summed E-state index contributed by atoms with van der Waals surface area (Å²) in [5.74, 6) is -3.85. The van der Waals surface area contributed by atoms with Crippen molar-refractivity contribution in [3.63, 3.8) is 0 Å². The molecule has 2 aliphatic rings. The average molecular weight is 737 g/mol. The van der Waals surface area contributed by atoms with Crippen molar-refractivity contribution >= 4 is 41.7 Å². The molecule has 17 nitrogen and oxygen atoms in total. The lowest BCUT2D eigenvalue weighted by atomic mass is 10.1. The molecular formula is C36H48N8O9. The minimum Gasteiger partial charge on any atom is -0.444 e. The maximum absolute atomic E-state index is 13.6. The van der Waals surface area contributed by atoms with Crippen LogP contribution in [0, 0.1) is 0 Å². The van der Waals surface area contributed by atoms with Gasteiger partial charge in [0, 0.05) is 39.3 Å². The van der Waals surface area contributed by atoms with Crippen LogP contribution in [0.25, 0.3) is 0 Å². The minimum atomic E-state index is -1.29. The SMILES string of the molecule is C[C@H](NC(=O)[C@H](C)NC(=O)N1CCN(C(=O)OC(C)(C)C)CC1)C(=O)NN(CC(N)=O)C(=O)[C@H]1O[C@@H]1C(=O)N(Cc1ccccc1)Cc1ccccc1. The molecule has 8 amide bonds. The first kappa shape index (κ1) is 40.1. The molecule has 0 radical (unpaired) electrons. The molecule has 0 spiro atoms. The van der Waals surface area contributed by atoms with Crippen LogP contribution < -0.4 is 21.8 Å². The largest absolute Gasteiger partial charge is 0.444 e. The Balaban J connectivity index is 1.29. The first-order valence-electron chi connectivity index (χ1n) is 17.3. The number of amides is 8. The minimum absolute atomic E-state index is 0.219. The van der Waals surface area contributed by atoms with E-state index >= 15 is 0 Å². The number of rotatable bonds is 12. The summed E-state index contributed by atoms with van der Waals surface area (Å²) in [6.45, 7) is 8.77. The quantitative estimate of drug-likeness (QED) is 0.176. The second-order valence-corrected chi connectivity index (χ2v) is 13.9. The second kappa shape index (κ2) is 17.7. The zero-order valence-electron chi connectivity index (χ0n) is 30.6. The third kappa shape index (κ3) is 11.9. The van der Waals surface area contributed by atoms with Crippen LogP contribution in [-0.4, -0.2) is 124 Å². The predicted molar refractivity (Wildman–Crippen MR) is 190 cm³/mol. The van der Waals surface area contributed by atoms with Gasteiger partial charge in [-0.15, -0.1) is 0 Å². The number of hydrazine groups is 1. The van der Waals surface area contributed by atoms with Gasteiger partial charge in [-0.3, -0.25) is 29.4 Å². The number of nitrogens with zero attached hydrogens (tertiary/aromatic N) is 4. The Kier molecular flexibility index (Phi) is 13.4. The van der Waals surface area contributed by atoms with E-state index in [-0.39, 0.29) is 39.3 Å². The molecule has 2 fully saturated rings. The van der Waals surface area contributed by atoms with E-state index in [0.29, 0.717) is 5.01 Å². The van der Waals surface area contributed by atoms with Crippen LogP contribution in [0.5, 0.6) is 0 Å². The maximum atomic E-state index is 13.6. The Morgan fingerprint density at radius 2 is 1.26 bits per heavy atom. The van der Waals surface area contributed by atoms with Crippen LogP contribution in [0.4, 0.5) is 9.59 Å². The summed E-state index contributed by atoms with van der Waals surface area (Å²) >= 11 is 0. The van der Waals surface area contributed by atoms with Crippen molar-refractivity contribution in [2.24, 2.45) is 5.73 Å². The second-order valence-electron chi connectivity index (χ2n) is 13.9. The van der Waals surface area contributed by atoms with E-state index in [4.69, 9.17) is 15.2 Å². The zero-order valence-corrected chi connectivity index (χ0v) is 30.6. The van der Waals surface area contributed by atoms with Crippen LogP contribution in [0.3, 0.4) is 0 Å². The van der Waals surface area contributed by atoms with Gasteiger partial charge in [0.05, 0.1) is 0 Å². The zero-order chi connectivity index (χ0) is 38.9. The summed E-state index contributed by atoms with van der Waals surface area (Å²) in [5, 5.41) is 5.69. The monoisotopic (exact) mass is 736 g/mol. The molecule has 17 heteroatoms. The number of nitrogens with two attached hydrogens (primary N) is 1. The molecule has 0 aliphatic carbocycles. The first-order valence-corrected chi connectivity index (χ1v) is 17.3. The van der Waals surface area contributed by atoms with Gasteiger partial charge in [0.25, 0.3) is 17.7 Å². The van der Waals surface area contributed by atoms with Gasteiger partial charge in [-0.1, -0.05) is 60.7 Å². The third-order valence-corrected chi connectivity index (χ3v) is 8.25. The summed E-state index contributed by atoms with van der Waals surface area (Å²) in [5.41, 5.74) is 8.72. The number of epoxide rings is 1. The molecular weight excluding hydrogens is 688 g/mol. The number of primary amides is 1. The van der Waals surface area contributed by atoms with Crippen molar-refractivity contribution in [1.82, 2.24) is 35.8 Å². The molecule has 4 atom stereocenters. The van der Waals surface area contributed by atoms with Gasteiger partial charge in [0.2, 0.25) is 11.8 Å². The Morgan fingerprint density at radius 3 is 1.77 bits per heavy atom. The van der Waals surface area contributed by atoms with Crippen molar-refractivity contribution in [2.75, 3.05) is 32.7 Å². The number of piperazine rings is 1. The van der Waals surface area contributed by atoms with E-state index in [0.717, 1.165) is 11.1 Å². The molecule has 0 saturated carbocycles. The smallest absolute Gasteiger partial charge is 0.410 e. The summed E-state index contributed by atoms with van der Waals surface area (Å²) in [4.78, 5) is 94.5. The van der Waals surface area contributed by atoms with E-state index < -0.39 is 78.1 Å². The van der Waals surface area contributed by atoms with E-state index in [9.17, 15) is 33.6 Å². The number of benzene rings is 2. The Bertz CT molecular complexity index is 1600. The molecule has 0 unspecified atom stereocenters. The van der Waals surface area contributed by atoms with Gasteiger partial charge in [-0.2, -0.15) is 0 Å². The van der Waals surface area contributed by atoms with E-state index in [1.54, 1.807) is 25.7 Å². The maximum Gasteiger partial charge on any atom is 0.410 e. The summed E-state index contributed by atoms with van der Waals surface area (Å²) in [6, 6.07) is 15.8. The highest BCUT2D eigenvalue weighted by Crippen LogP contribution is 2.28. The molecule has 4 rings (SSSR count). The number of carbonyl (C=O) groups excluding carboxylic acids is 7. The molecule has 286 valence electrons. The lowest BCUT2D eigenvalue weighted by Crippen LogP contribution is -2.59. The van der Waals surface area contributed by atoms with E-state index in [2.05, 4.69) is 16.1 Å². The number of hydrogen-bond donors (Lipinski definition) is 4. The van der Waals surface area contributed by atoms with Crippen molar-refractivity contribution in [3.8, 4) is 0 Å². The van der Waals surface area contributed by atoms with Crippen LogP contribution in [0.1, 0.15) is 45.7 Å². The predicted octanol–water partition coefficient (Wildman–Crippen LogP) is 0.483. The number of urea groups is 1. The average Bonchev–Trinajstić information content (AvgIpc) is 3.91. The standard InChI is InChI=1S/C36H48N8O9/c1-23(39-34(50)41-16-18-42(19-17-41)35(51)53-36(3,4)5)30(46)38-24(2)31(47)40-44(22-27(37)45)33(49)29-28(52-29)32(48)43(20-25-12-8-6-9-13-25)21-26-14-10-7-11-15-26/h6-15,23-24,28-29H,16-22H2,1-5H3,(H2,37,45)(H,38,46)(H,39,50)(H,40,47)/t23-,24-,28-,29-/m0/s1. The van der Waals surface area contributed by atoms with Crippen LogP contribution in [-0.2, 0) is 46.5 Å². The van der Waals surface area contributed by atoms with Gasteiger partial charge < -0.3 is 40.5 Å². The molecule has 0 aromatic heterocycles. The van der Waals surface area contributed by atoms with Gasteiger partial charge in [0.1, 0.15) is 24.2 Å². The molecule has 2 aromatic rings. The summed E-state index contributed by atoms with van der Waals surface area (Å²) < 4.78 is 10.9. The number of ether oxygens (including phenoxy) is 2. The van der Waals surface area contributed by atoms with Gasteiger partial charge in [-0.05, 0) is 45.7 Å². The van der Waals surface area contributed by atoms with Crippen molar-refractivity contribution in [1.29, 1.82) is 0 Å². The van der Waals surface area contributed by atoms with Crippen LogP contribution in [0.2, 0.25) is 0 Å². The van der Waals surface area contributed by atoms with Gasteiger partial charge in [0.15, 0.2) is 12.2 Å². The van der Waals surface area contributed by atoms with Crippen LogP contribution >= 0.6 is 0 Å². The fourth-order valence-corrected chi connectivity index (χ4v) is 5.36. The molecule has 2 aliphatic heterocycles. The molecule has 53 heavy (non-hydrogen) atoms. The summed E-state index contributed by atoms with van der Waals surface area (Å²) in [6.07, 6.45) is -2.93. The summed E-state index contributed by atoms with van der Waals surface area (Å²) in [7, 11) is 0. The fraction of sp³-hybridized carbons (Fsp3) is 0.472. The lowest BCUT2D eigenvalue weighted by molar-refractivity contribution is -0.145. The highest BCUT2D eigenvalue weighted by Gasteiger charge is 2.53. The van der Waals surface area contributed by atoms with Gasteiger partial charge >= 0.3 is 12.1 Å². The van der Waals surface area contributed by atoms with E-state index in [1.807, 2.05) is 60.7 Å². The number of carbonyl (C=O) groups is 7. The molecule has 0 bridgehead atoms.